The lowest BCUT2D eigenvalue weighted by Gasteiger charge is -2.26. The summed E-state index contributed by atoms with van der Waals surface area (Å²) in [5.74, 6) is 1.68. The summed E-state index contributed by atoms with van der Waals surface area (Å²) in [4.78, 5) is 9.41. The molecule has 0 saturated heterocycles. The average Bonchev–Trinajstić information content (AvgIpc) is 2.11. The van der Waals surface area contributed by atoms with E-state index in [9.17, 15) is 0 Å². The molecule has 2 rings (SSSR count). The molecule has 1 aliphatic carbocycles. The lowest BCUT2D eigenvalue weighted by molar-refractivity contribution is 0.397. The molecule has 0 radical (unpaired) electrons. The minimum absolute atomic E-state index is 0.130. The van der Waals surface area contributed by atoms with E-state index in [0.29, 0.717) is 5.92 Å². The van der Waals surface area contributed by atoms with Gasteiger partial charge in [-0.1, -0.05) is 6.42 Å². The topological polar surface area (TPSA) is 37.8 Å². The third-order valence-electron chi connectivity index (χ3n) is 3.70. The first-order chi connectivity index (χ1) is 8.37. The van der Waals surface area contributed by atoms with Crippen molar-refractivity contribution in [1.29, 1.82) is 0 Å². The van der Waals surface area contributed by atoms with Gasteiger partial charge in [0.2, 0.25) is 0 Å². The van der Waals surface area contributed by atoms with Crippen LogP contribution >= 0.6 is 0 Å². The Morgan fingerprint density at radius 2 is 1.67 bits per heavy atom. The molecule has 3 heteroatoms. The fraction of sp³-hybridized carbons (Fsp3) is 0.733. The Bertz CT molecular complexity index is 405. The molecule has 1 N–H and O–H groups in total. The van der Waals surface area contributed by atoms with Crippen LogP contribution in [0.15, 0.2) is 0 Å². The average molecular weight is 247 g/mol. The predicted molar refractivity (Wildman–Crippen MR) is 74.7 cm³/mol. The molecule has 1 aromatic rings. The molecule has 0 atom stereocenters. The van der Waals surface area contributed by atoms with Crippen molar-refractivity contribution < 1.29 is 0 Å². The summed E-state index contributed by atoms with van der Waals surface area (Å²) in [6.45, 7) is 11.6. The zero-order valence-corrected chi connectivity index (χ0v) is 12.3. The van der Waals surface area contributed by atoms with E-state index in [1.165, 1.54) is 24.8 Å². The van der Waals surface area contributed by atoms with Crippen LogP contribution in [0.1, 0.15) is 68.7 Å². The lowest BCUT2D eigenvalue weighted by Crippen LogP contribution is -2.35. The van der Waals surface area contributed by atoms with Crippen LogP contribution in [0.25, 0.3) is 0 Å². The van der Waals surface area contributed by atoms with E-state index in [4.69, 9.17) is 9.97 Å². The molecular formula is C15H25N3. The fourth-order valence-corrected chi connectivity index (χ4v) is 2.22. The molecule has 18 heavy (non-hydrogen) atoms. The molecule has 1 saturated carbocycles. The summed E-state index contributed by atoms with van der Waals surface area (Å²) in [6.07, 6.45) is 3.86. The SMILES string of the molecule is Cc1nc(C2CCC2)nc(C)c1CNC(C)(C)C. The highest BCUT2D eigenvalue weighted by molar-refractivity contribution is 5.25. The molecule has 1 fully saturated rings. The van der Waals surface area contributed by atoms with Crippen LogP contribution in [0.4, 0.5) is 0 Å². The van der Waals surface area contributed by atoms with Crippen LogP contribution in [0.2, 0.25) is 0 Å². The molecule has 1 aliphatic rings. The van der Waals surface area contributed by atoms with Crippen LogP contribution in [0.3, 0.4) is 0 Å². The molecule has 3 nitrogen and oxygen atoms in total. The maximum atomic E-state index is 4.71. The van der Waals surface area contributed by atoms with E-state index in [-0.39, 0.29) is 5.54 Å². The normalized spacial score (nSPS) is 16.7. The Balaban J connectivity index is 2.15. The molecule has 1 heterocycles. The van der Waals surface area contributed by atoms with Gasteiger partial charge in [-0.25, -0.2) is 9.97 Å². The van der Waals surface area contributed by atoms with Gasteiger partial charge in [0.05, 0.1) is 0 Å². The lowest BCUT2D eigenvalue weighted by atomic mass is 9.84. The highest BCUT2D eigenvalue weighted by atomic mass is 15.0. The van der Waals surface area contributed by atoms with E-state index in [0.717, 1.165) is 23.8 Å². The number of aryl methyl sites for hydroxylation is 2. The number of hydrogen-bond acceptors (Lipinski definition) is 3. The van der Waals surface area contributed by atoms with Crippen LogP contribution in [0, 0.1) is 13.8 Å². The van der Waals surface area contributed by atoms with Crippen molar-refractivity contribution in [2.45, 2.75) is 71.9 Å². The van der Waals surface area contributed by atoms with E-state index < -0.39 is 0 Å². The van der Waals surface area contributed by atoms with Gasteiger partial charge in [0, 0.05) is 35.0 Å². The van der Waals surface area contributed by atoms with Crippen molar-refractivity contribution in [3.05, 3.63) is 22.8 Å². The van der Waals surface area contributed by atoms with E-state index in [2.05, 4.69) is 39.9 Å². The van der Waals surface area contributed by atoms with Crippen molar-refractivity contribution in [3.8, 4) is 0 Å². The zero-order chi connectivity index (χ0) is 13.3. The Kier molecular flexibility index (Phi) is 3.71. The molecule has 100 valence electrons. The molecule has 0 amide bonds. The highest BCUT2D eigenvalue weighted by Crippen LogP contribution is 2.34. The maximum absolute atomic E-state index is 4.71. The van der Waals surface area contributed by atoms with Crippen molar-refractivity contribution in [2.24, 2.45) is 0 Å². The zero-order valence-electron chi connectivity index (χ0n) is 12.3. The Hall–Kier alpha value is -0.960. The number of nitrogens with one attached hydrogen (secondary N) is 1. The fourth-order valence-electron chi connectivity index (χ4n) is 2.22. The van der Waals surface area contributed by atoms with E-state index >= 15 is 0 Å². The van der Waals surface area contributed by atoms with Crippen molar-refractivity contribution in [3.63, 3.8) is 0 Å². The van der Waals surface area contributed by atoms with Crippen LogP contribution in [-0.4, -0.2) is 15.5 Å². The van der Waals surface area contributed by atoms with E-state index in [1.807, 2.05) is 0 Å². The molecule has 0 spiro atoms. The number of nitrogens with zero attached hydrogens (tertiary/aromatic N) is 2. The van der Waals surface area contributed by atoms with Gasteiger partial charge in [0.1, 0.15) is 5.82 Å². The van der Waals surface area contributed by atoms with Gasteiger partial charge in [0.15, 0.2) is 0 Å². The molecule has 0 unspecified atom stereocenters. The Morgan fingerprint density at radius 3 is 2.06 bits per heavy atom. The van der Waals surface area contributed by atoms with Crippen LogP contribution < -0.4 is 5.32 Å². The van der Waals surface area contributed by atoms with Gasteiger partial charge < -0.3 is 5.32 Å². The second-order valence-electron chi connectivity index (χ2n) is 6.46. The third-order valence-corrected chi connectivity index (χ3v) is 3.70. The maximum Gasteiger partial charge on any atom is 0.131 e. The molecular weight excluding hydrogens is 222 g/mol. The van der Waals surface area contributed by atoms with Crippen LogP contribution in [-0.2, 0) is 6.54 Å². The van der Waals surface area contributed by atoms with Gasteiger partial charge in [-0.05, 0) is 47.5 Å². The van der Waals surface area contributed by atoms with Gasteiger partial charge in [-0.3, -0.25) is 0 Å². The molecule has 1 aromatic heterocycles. The van der Waals surface area contributed by atoms with Crippen molar-refractivity contribution >= 4 is 0 Å². The van der Waals surface area contributed by atoms with Crippen molar-refractivity contribution in [2.75, 3.05) is 0 Å². The largest absolute Gasteiger partial charge is 0.308 e. The Labute approximate surface area is 110 Å². The summed E-state index contributed by atoms with van der Waals surface area (Å²) < 4.78 is 0. The first kappa shape index (κ1) is 13.5. The standard InChI is InChI=1S/C15H25N3/c1-10-13(9-16-15(3,4)5)11(2)18-14(17-10)12-7-6-8-12/h12,16H,6-9H2,1-5H3. The van der Waals surface area contributed by atoms with E-state index in [1.54, 1.807) is 0 Å². The summed E-state index contributed by atoms with van der Waals surface area (Å²) in [7, 11) is 0. The second-order valence-corrected chi connectivity index (χ2v) is 6.46. The third kappa shape index (κ3) is 3.08. The minimum Gasteiger partial charge on any atom is -0.308 e. The predicted octanol–water partition coefficient (Wildman–Crippen LogP) is 3.25. The summed E-state index contributed by atoms with van der Waals surface area (Å²) in [5, 5.41) is 3.52. The summed E-state index contributed by atoms with van der Waals surface area (Å²) >= 11 is 0. The summed E-state index contributed by atoms with van der Waals surface area (Å²) in [5.41, 5.74) is 3.67. The van der Waals surface area contributed by atoms with Crippen LogP contribution in [0.5, 0.6) is 0 Å². The first-order valence-corrected chi connectivity index (χ1v) is 6.96. The highest BCUT2D eigenvalue weighted by Gasteiger charge is 2.23. The molecule has 0 aliphatic heterocycles. The van der Waals surface area contributed by atoms with Gasteiger partial charge in [-0.2, -0.15) is 0 Å². The summed E-state index contributed by atoms with van der Waals surface area (Å²) in [6, 6.07) is 0. The molecule has 0 aromatic carbocycles. The van der Waals surface area contributed by atoms with Gasteiger partial charge in [-0.15, -0.1) is 0 Å². The van der Waals surface area contributed by atoms with Crippen molar-refractivity contribution in [1.82, 2.24) is 15.3 Å². The second kappa shape index (κ2) is 4.96. The quantitative estimate of drug-likeness (QED) is 0.891. The number of aromatic nitrogens is 2. The Morgan fingerprint density at radius 1 is 1.11 bits per heavy atom. The molecule has 0 bridgehead atoms. The van der Waals surface area contributed by atoms with Gasteiger partial charge in [0.25, 0.3) is 0 Å². The smallest absolute Gasteiger partial charge is 0.131 e. The monoisotopic (exact) mass is 247 g/mol. The van der Waals surface area contributed by atoms with Gasteiger partial charge >= 0.3 is 0 Å². The number of hydrogen-bond donors (Lipinski definition) is 1. The minimum atomic E-state index is 0.130. The number of rotatable bonds is 3. The first-order valence-electron chi connectivity index (χ1n) is 6.96.